The number of nitrogens with zero attached hydrogens (tertiary/aromatic N) is 2. The molecule has 0 aromatic carbocycles. The first-order chi connectivity index (χ1) is 5.13. The Labute approximate surface area is 118 Å². The number of rotatable bonds is 3. The molecule has 1 radical (unpaired) electrons. The van der Waals surface area contributed by atoms with Gasteiger partial charge in [-0.3, -0.25) is 0 Å². The Balaban J connectivity index is -0.000000500. The number of hydrogen-bond donors (Lipinski definition) is 0. The normalized spacial score (nSPS) is 9.31. The molecule has 0 spiro atoms. The van der Waals surface area contributed by atoms with Crippen LogP contribution in [-0.4, -0.2) is 28.7 Å². The topological polar surface area (TPSA) is 15.6 Å². The van der Waals surface area contributed by atoms with E-state index in [1.165, 1.54) is 29.5 Å². The van der Waals surface area contributed by atoms with E-state index in [1.807, 2.05) is 19.0 Å². The average molecular weight is 425 g/mol. The molecule has 0 aromatic heterocycles. The van der Waals surface area contributed by atoms with Crippen LogP contribution in [0.1, 0.15) is 13.8 Å². The van der Waals surface area contributed by atoms with E-state index in [2.05, 4.69) is 11.9 Å². The van der Waals surface area contributed by atoms with Gasteiger partial charge in [0.25, 0.3) is 0 Å². The molecule has 0 rings (SSSR count). The summed E-state index contributed by atoms with van der Waals surface area (Å²) in [6, 6.07) is 0. The van der Waals surface area contributed by atoms with Crippen molar-refractivity contribution in [1.82, 2.24) is 4.90 Å². The molecule has 73 valence electrons. The Morgan fingerprint density at radius 1 is 1.62 bits per heavy atom. The van der Waals surface area contributed by atoms with E-state index in [-0.39, 0.29) is 40.1 Å². The van der Waals surface area contributed by atoms with E-state index in [9.17, 15) is 0 Å². The van der Waals surface area contributed by atoms with Gasteiger partial charge in [-0.05, 0) is 0 Å². The van der Waals surface area contributed by atoms with Crippen LogP contribution in [0.3, 0.4) is 0 Å². The molecule has 0 aliphatic heterocycles. The van der Waals surface area contributed by atoms with Crippen LogP contribution in [-0.2, 0) is 52.1 Å². The Hall–Kier alpha value is 0.872. The fraction of sp³-hybridized carbons (Fsp3) is 0.444. The van der Waals surface area contributed by atoms with Crippen LogP contribution >= 0.6 is 0 Å². The molecule has 0 aliphatic rings. The quantitative estimate of drug-likeness (QED) is 0.380. The second-order valence-corrected chi connectivity index (χ2v) is 3.94. The van der Waals surface area contributed by atoms with Crippen molar-refractivity contribution in [2.75, 3.05) is 14.1 Å². The molecule has 0 unspecified atom stereocenters. The maximum atomic E-state index is 5.20. The van der Waals surface area contributed by atoms with Gasteiger partial charge in [0.15, 0.2) is 0 Å². The van der Waals surface area contributed by atoms with Crippen molar-refractivity contribution >= 4 is 9.73 Å². The van der Waals surface area contributed by atoms with Gasteiger partial charge in [0.05, 0.1) is 0 Å². The zero-order chi connectivity index (χ0) is 8.85. The summed E-state index contributed by atoms with van der Waals surface area (Å²) in [6.07, 6.45) is 2.11. The van der Waals surface area contributed by atoms with Crippen LogP contribution in [0, 0.1) is 13.5 Å². The van der Waals surface area contributed by atoms with Gasteiger partial charge in [-0.2, -0.15) is 0 Å². The first-order valence-electron chi connectivity index (χ1n) is 3.24. The van der Waals surface area contributed by atoms with Crippen molar-refractivity contribution in [3.63, 3.8) is 0 Å². The van der Waals surface area contributed by atoms with E-state index in [0.29, 0.717) is 0 Å². The number of hydrogen-bond acceptors (Lipinski definition) is 1. The summed E-state index contributed by atoms with van der Waals surface area (Å²) < 4.78 is 1.22. The summed E-state index contributed by atoms with van der Waals surface area (Å²) in [6.45, 7) is 8.99. The molecule has 0 fully saturated rings. The molecular weight excluding hydrogens is 409 g/mol. The molecule has 0 bridgehead atoms. The van der Waals surface area contributed by atoms with Crippen molar-refractivity contribution in [3.8, 4) is 0 Å². The minimum absolute atomic E-state index is 0. The molecule has 4 heteroatoms. The van der Waals surface area contributed by atoms with Crippen molar-refractivity contribution < 1.29 is 52.1 Å². The van der Waals surface area contributed by atoms with Crippen LogP contribution < -0.4 is 0 Å². The summed E-state index contributed by atoms with van der Waals surface area (Å²) in [5, 5.41) is 0. The second-order valence-electron chi connectivity index (χ2n) is 2.17. The smallest absolute Gasteiger partial charge is 0 e. The SMILES string of the molecule is C.[CH-]=CN=C([C](=[W])C[CH2-])N(C)C.[Y]. The van der Waals surface area contributed by atoms with Crippen molar-refractivity contribution in [1.29, 1.82) is 0 Å². The van der Waals surface area contributed by atoms with Gasteiger partial charge < -0.3 is 0 Å². The van der Waals surface area contributed by atoms with Crippen LogP contribution in [0.2, 0.25) is 0 Å². The van der Waals surface area contributed by atoms with E-state index in [0.717, 1.165) is 12.3 Å². The molecule has 0 aromatic rings. The summed E-state index contributed by atoms with van der Waals surface area (Å²) in [7, 11) is 3.89. The van der Waals surface area contributed by atoms with Gasteiger partial charge in [0.1, 0.15) is 0 Å². The minimum atomic E-state index is 0. The monoisotopic (exact) mass is 425 g/mol. The van der Waals surface area contributed by atoms with Crippen molar-refractivity contribution in [3.05, 3.63) is 19.7 Å². The molecule has 0 aliphatic carbocycles. The third-order valence-electron chi connectivity index (χ3n) is 1.10. The van der Waals surface area contributed by atoms with Gasteiger partial charge in [-0.15, -0.1) is 0 Å². The summed E-state index contributed by atoms with van der Waals surface area (Å²) in [5.41, 5.74) is 0. The Morgan fingerprint density at radius 2 is 2.08 bits per heavy atom. The summed E-state index contributed by atoms with van der Waals surface area (Å²) >= 11 is 1.39. The van der Waals surface area contributed by atoms with E-state index >= 15 is 0 Å². The molecule has 2 nitrogen and oxygen atoms in total. The fourth-order valence-corrected chi connectivity index (χ4v) is 1.46. The van der Waals surface area contributed by atoms with Gasteiger partial charge in [-0.1, -0.05) is 7.43 Å². The molecule has 0 atom stereocenters. The Morgan fingerprint density at radius 3 is 2.31 bits per heavy atom. The Kier molecular flexibility index (Phi) is 16.4. The first kappa shape index (κ1) is 19.4. The van der Waals surface area contributed by atoms with E-state index < -0.39 is 0 Å². The zero-order valence-corrected chi connectivity index (χ0v) is 13.2. The molecular formula is C9H16N2WY-2. The van der Waals surface area contributed by atoms with Crippen LogP contribution in [0.5, 0.6) is 0 Å². The first-order valence-corrected chi connectivity index (χ1v) is 4.71. The molecule has 13 heavy (non-hydrogen) atoms. The van der Waals surface area contributed by atoms with Crippen molar-refractivity contribution in [2.45, 2.75) is 13.8 Å². The maximum Gasteiger partial charge on any atom is 0 e. The third kappa shape index (κ3) is 7.91. The van der Waals surface area contributed by atoms with Gasteiger partial charge in [0, 0.05) is 32.7 Å². The largest absolute Gasteiger partial charge is 0 e. The minimum Gasteiger partial charge on any atom is 0 e. The van der Waals surface area contributed by atoms with Crippen LogP contribution in [0.15, 0.2) is 11.2 Å². The standard InChI is InChI=1S/C8H12N2.CH4.W.Y/c1-5-7-8(9-6-2)10(3)4;;;/h2,6H,1,5H2,3-4H3;1H4;;/q-2;;;. The molecule has 0 amide bonds. The fourth-order valence-electron chi connectivity index (χ4n) is 0.619. The van der Waals surface area contributed by atoms with E-state index in [1.54, 1.807) is 0 Å². The van der Waals surface area contributed by atoms with Crippen molar-refractivity contribution in [2.24, 2.45) is 4.99 Å². The van der Waals surface area contributed by atoms with Crippen LogP contribution in [0.4, 0.5) is 0 Å². The Bertz CT molecular complexity index is 188. The molecule has 0 saturated carbocycles. The van der Waals surface area contributed by atoms with Gasteiger partial charge >= 0.3 is 79.2 Å². The summed E-state index contributed by atoms with van der Waals surface area (Å²) in [5.74, 6) is 0.928. The average Bonchev–Trinajstić information content (AvgIpc) is 1.98. The predicted molar refractivity (Wildman–Crippen MR) is 51.7 cm³/mol. The van der Waals surface area contributed by atoms with E-state index in [4.69, 9.17) is 6.58 Å². The second kappa shape index (κ2) is 10.9. The third-order valence-corrected chi connectivity index (χ3v) is 2.49. The zero-order valence-electron chi connectivity index (χ0n) is 7.45. The molecule has 0 N–H and O–H groups in total. The van der Waals surface area contributed by atoms with Gasteiger partial charge in [-0.25, -0.2) is 0 Å². The molecule has 0 heterocycles. The number of aliphatic imine (C=N–C) groups is 1. The van der Waals surface area contributed by atoms with Gasteiger partial charge in [0.2, 0.25) is 0 Å². The number of amidine groups is 1. The predicted octanol–water partition coefficient (Wildman–Crippen LogP) is 1.47. The van der Waals surface area contributed by atoms with Crippen LogP contribution in [0.25, 0.3) is 0 Å². The maximum absolute atomic E-state index is 5.20. The summed E-state index contributed by atoms with van der Waals surface area (Å²) in [4.78, 5) is 5.97. The molecule has 0 saturated heterocycles.